The summed E-state index contributed by atoms with van der Waals surface area (Å²) in [6.45, 7) is 3.92. The Morgan fingerprint density at radius 1 is 1.18 bits per heavy atom. The van der Waals surface area contributed by atoms with Gasteiger partial charge < -0.3 is 10.1 Å². The van der Waals surface area contributed by atoms with E-state index < -0.39 is 10.0 Å². The molecule has 0 unspecified atom stereocenters. The molecule has 28 heavy (non-hydrogen) atoms. The lowest BCUT2D eigenvalue weighted by Crippen LogP contribution is -2.33. The second-order valence-electron chi connectivity index (χ2n) is 6.92. The molecule has 1 aliphatic rings. The van der Waals surface area contributed by atoms with E-state index in [-0.39, 0.29) is 23.3 Å². The molecule has 0 radical (unpaired) electrons. The highest BCUT2D eigenvalue weighted by molar-refractivity contribution is 7.90. The number of fused-ring (bicyclic) bond motifs is 1. The minimum absolute atomic E-state index is 0.0547. The number of benzene rings is 2. The zero-order valence-corrected chi connectivity index (χ0v) is 16.9. The zero-order valence-electron chi connectivity index (χ0n) is 16.0. The molecule has 1 N–H and O–H groups in total. The molecule has 0 aromatic heterocycles. The molecule has 148 valence electrons. The topological polar surface area (TPSA) is 88.1 Å². The summed E-state index contributed by atoms with van der Waals surface area (Å²) in [7, 11) is -2.47. The van der Waals surface area contributed by atoms with Crippen LogP contribution in [0.4, 0.5) is 17.1 Å². The lowest BCUT2D eigenvalue weighted by atomic mass is 10.1. The molecular weight excluding hydrogens is 378 g/mol. The number of ether oxygens (including phenoxy) is 1. The van der Waals surface area contributed by atoms with E-state index in [1.807, 2.05) is 49.1 Å². The molecule has 2 aromatic rings. The lowest BCUT2D eigenvalue weighted by molar-refractivity contribution is -0.119. The Kier molecular flexibility index (Phi) is 5.81. The number of rotatable bonds is 6. The molecule has 0 spiro atoms. The standard InChI is InChI=1S/C20H23N3O4S/c1-14(2)11-19-22-28(25,26)18-12-15(21-20(24)13-27-3)9-10-17(18)23(19)16-7-5-4-6-8-16/h4-10,12,14H,11,13H2,1-3H3,(H,21,24). The summed E-state index contributed by atoms with van der Waals surface area (Å²) in [5.74, 6) is 0.346. The number of amides is 1. The Hall–Kier alpha value is -2.71. The first kappa shape index (κ1) is 20.0. The van der Waals surface area contributed by atoms with E-state index in [1.165, 1.54) is 13.2 Å². The van der Waals surface area contributed by atoms with Crippen molar-refractivity contribution in [2.24, 2.45) is 10.3 Å². The number of hydrogen-bond donors (Lipinski definition) is 1. The summed E-state index contributed by atoms with van der Waals surface area (Å²) < 4.78 is 34.6. The highest BCUT2D eigenvalue weighted by Crippen LogP contribution is 2.39. The largest absolute Gasteiger partial charge is 0.375 e. The van der Waals surface area contributed by atoms with Gasteiger partial charge in [0.1, 0.15) is 17.3 Å². The van der Waals surface area contributed by atoms with Crippen LogP contribution in [0.15, 0.2) is 57.8 Å². The molecule has 0 saturated heterocycles. The average Bonchev–Trinajstić information content (AvgIpc) is 2.62. The van der Waals surface area contributed by atoms with Crippen molar-refractivity contribution in [2.75, 3.05) is 23.9 Å². The Morgan fingerprint density at radius 3 is 2.54 bits per heavy atom. The number of para-hydroxylation sites is 1. The van der Waals surface area contributed by atoms with Gasteiger partial charge in [0.15, 0.2) is 0 Å². The number of nitrogens with one attached hydrogen (secondary N) is 1. The van der Waals surface area contributed by atoms with Crippen LogP contribution in [0.25, 0.3) is 0 Å². The maximum atomic E-state index is 12.9. The molecule has 1 aliphatic heterocycles. The van der Waals surface area contributed by atoms with E-state index in [0.717, 1.165) is 5.69 Å². The van der Waals surface area contributed by atoms with Crippen LogP contribution in [0.2, 0.25) is 0 Å². The number of nitrogens with zero attached hydrogens (tertiary/aromatic N) is 2. The average molecular weight is 401 g/mol. The maximum Gasteiger partial charge on any atom is 0.286 e. The van der Waals surface area contributed by atoms with Gasteiger partial charge in [-0.25, -0.2) is 0 Å². The van der Waals surface area contributed by atoms with Gasteiger partial charge in [0, 0.05) is 24.9 Å². The van der Waals surface area contributed by atoms with Gasteiger partial charge in [-0.1, -0.05) is 32.0 Å². The molecule has 0 bridgehead atoms. The maximum absolute atomic E-state index is 12.9. The Bertz CT molecular complexity index is 1000. The van der Waals surface area contributed by atoms with Crippen molar-refractivity contribution in [3.8, 4) is 0 Å². The third-order valence-electron chi connectivity index (χ3n) is 4.13. The molecule has 0 saturated carbocycles. The highest BCUT2D eigenvalue weighted by Gasteiger charge is 2.32. The molecule has 0 aliphatic carbocycles. The minimum atomic E-state index is -3.88. The zero-order chi connectivity index (χ0) is 20.3. The van der Waals surface area contributed by atoms with E-state index in [9.17, 15) is 13.2 Å². The first-order chi connectivity index (χ1) is 13.3. The molecule has 8 heteroatoms. The SMILES string of the molecule is COCC(=O)Nc1ccc2c(c1)S(=O)(=O)N=C(CC(C)C)N2c1ccccc1. The summed E-state index contributed by atoms with van der Waals surface area (Å²) in [6.07, 6.45) is 0.514. The Balaban J connectivity index is 2.11. The van der Waals surface area contributed by atoms with Crippen molar-refractivity contribution in [3.63, 3.8) is 0 Å². The number of hydrogen-bond acceptors (Lipinski definition) is 5. The van der Waals surface area contributed by atoms with Gasteiger partial charge in [-0.3, -0.25) is 9.69 Å². The molecule has 1 heterocycles. The molecule has 7 nitrogen and oxygen atoms in total. The van der Waals surface area contributed by atoms with Gasteiger partial charge in [-0.05, 0) is 36.2 Å². The molecule has 2 aromatic carbocycles. The van der Waals surface area contributed by atoms with Gasteiger partial charge in [0.25, 0.3) is 10.0 Å². The number of methoxy groups -OCH3 is 1. The summed E-state index contributed by atoms with van der Waals surface area (Å²) in [5.41, 5.74) is 1.72. The quantitative estimate of drug-likeness (QED) is 0.800. The molecule has 1 amide bonds. The van der Waals surface area contributed by atoms with Crippen molar-refractivity contribution in [1.29, 1.82) is 0 Å². The van der Waals surface area contributed by atoms with Crippen LogP contribution < -0.4 is 10.2 Å². The second kappa shape index (κ2) is 8.12. The number of carbonyl (C=O) groups is 1. The van der Waals surface area contributed by atoms with Crippen LogP contribution in [0, 0.1) is 5.92 Å². The molecular formula is C20H23N3O4S. The normalized spacial score (nSPS) is 15.1. The summed E-state index contributed by atoms with van der Waals surface area (Å²) >= 11 is 0. The monoisotopic (exact) mass is 401 g/mol. The number of sulfonamides is 1. The van der Waals surface area contributed by atoms with Gasteiger partial charge in [0.2, 0.25) is 5.91 Å². The summed E-state index contributed by atoms with van der Waals surface area (Å²) in [6, 6.07) is 14.3. The van der Waals surface area contributed by atoms with Gasteiger partial charge in [0.05, 0.1) is 5.69 Å². The van der Waals surface area contributed by atoms with Crippen LogP contribution in [-0.4, -0.2) is 33.9 Å². The highest BCUT2D eigenvalue weighted by atomic mass is 32.2. The van der Waals surface area contributed by atoms with E-state index in [1.54, 1.807) is 12.1 Å². The first-order valence-corrected chi connectivity index (χ1v) is 10.4. The number of amidine groups is 1. The third-order valence-corrected chi connectivity index (χ3v) is 5.46. The van der Waals surface area contributed by atoms with Crippen molar-refractivity contribution in [3.05, 3.63) is 48.5 Å². The molecule has 0 atom stereocenters. The van der Waals surface area contributed by atoms with Crippen LogP contribution in [0.5, 0.6) is 0 Å². The first-order valence-electron chi connectivity index (χ1n) is 8.93. The number of anilines is 3. The summed E-state index contributed by atoms with van der Waals surface area (Å²) in [5, 5.41) is 2.63. The third kappa shape index (κ3) is 4.23. The Labute approximate surface area is 165 Å². The molecule has 0 fully saturated rings. The Morgan fingerprint density at radius 2 is 1.89 bits per heavy atom. The van der Waals surface area contributed by atoms with Crippen molar-refractivity contribution in [1.82, 2.24) is 0 Å². The second-order valence-corrected chi connectivity index (χ2v) is 8.49. The molecule has 3 rings (SSSR count). The van der Waals surface area contributed by atoms with Crippen LogP contribution in [0.3, 0.4) is 0 Å². The fourth-order valence-electron chi connectivity index (χ4n) is 3.04. The van der Waals surface area contributed by atoms with Gasteiger partial charge in [-0.15, -0.1) is 4.40 Å². The van der Waals surface area contributed by atoms with Gasteiger partial charge in [-0.2, -0.15) is 8.42 Å². The van der Waals surface area contributed by atoms with Crippen molar-refractivity contribution < 1.29 is 17.9 Å². The predicted octanol–water partition coefficient (Wildman–Crippen LogP) is 3.56. The van der Waals surface area contributed by atoms with Crippen molar-refractivity contribution in [2.45, 2.75) is 25.2 Å². The van der Waals surface area contributed by atoms with Crippen LogP contribution >= 0.6 is 0 Å². The van der Waals surface area contributed by atoms with Crippen LogP contribution in [0.1, 0.15) is 20.3 Å². The summed E-state index contributed by atoms with van der Waals surface area (Å²) in [4.78, 5) is 13.7. The van der Waals surface area contributed by atoms with Crippen LogP contribution in [-0.2, 0) is 19.6 Å². The lowest BCUT2D eigenvalue weighted by Gasteiger charge is -2.32. The van der Waals surface area contributed by atoms with E-state index >= 15 is 0 Å². The van der Waals surface area contributed by atoms with E-state index in [4.69, 9.17) is 4.74 Å². The van der Waals surface area contributed by atoms with Crippen molar-refractivity contribution >= 4 is 38.8 Å². The predicted molar refractivity (Wildman–Crippen MR) is 110 cm³/mol. The smallest absolute Gasteiger partial charge is 0.286 e. The minimum Gasteiger partial charge on any atom is -0.375 e. The van der Waals surface area contributed by atoms with Gasteiger partial charge >= 0.3 is 0 Å². The van der Waals surface area contributed by atoms with E-state index in [0.29, 0.717) is 23.6 Å². The fourth-order valence-corrected chi connectivity index (χ4v) is 4.27. The van der Waals surface area contributed by atoms with E-state index in [2.05, 4.69) is 9.71 Å². The fraction of sp³-hybridized carbons (Fsp3) is 0.300. The number of carbonyl (C=O) groups excluding carboxylic acids is 1.